The smallest absolute Gasteiger partial charge is 0.253 e. The minimum atomic E-state index is -0.179. The number of rotatable bonds is 5. The molecule has 1 aliphatic heterocycles. The molecule has 1 saturated heterocycles. The predicted octanol–water partition coefficient (Wildman–Crippen LogP) is 3.04. The summed E-state index contributed by atoms with van der Waals surface area (Å²) >= 11 is 0. The molecular weight excluding hydrogens is 326 g/mol. The zero-order valence-corrected chi connectivity index (χ0v) is 14.7. The summed E-state index contributed by atoms with van der Waals surface area (Å²) in [5.74, 6) is -0.101. The highest BCUT2D eigenvalue weighted by Crippen LogP contribution is 2.14. The zero-order valence-electron chi connectivity index (χ0n) is 14.7. The minimum Gasteiger partial charge on any atom is -0.348 e. The molecule has 0 unspecified atom stereocenters. The van der Waals surface area contributed by atoms with Gasteiger partial charge < -0.3 is 10.2 Å². The van der Waals surface area contributed by atoms with Crippen LogP contribution in [-0.4, -0.2) is 34.8 Å². The van der Waals surface area contributed by atoms with Gasteiger partial charge in [-0.2, -0.15) is 0 Å². The Morgan fingerprint density at radius 1 is 1.12 bits per heavy atom. The van der Waals surface area contributed by atoms with Gasteiger partial charge in [-0.1, -0.05) is 18.2 Å². The fraction of sp³-hybridized carbons (Fsp3) is 0.286. The first-order valence-corrected chi connectivity index (χ1v) is 8.96. The average molecular weight is 349 g/mol. The highest BCUT2D eigenvalue weighted by molar-refractivity contribution is 5.94. The lowest BCUT2D eigenvalue weighted by atomic mass is 10.1. The molecule has 5 heteroatoms. The number of aromatic nitrogens is 1. The van der Waals surface area contributed by atoms with E-state index < -0.39 is 0 Å². The number of carbonyl (C=O) groups is 2. The summed E-state index contributed by atoms with van der Waals surface area (Å²) in [5.41, 5.74) is 2.47. The van der Waals surface area contributed by atoms with Gasteiger partial charge in [-0.15, -0.1) is 0 Å². The summed E-state index contributed by atoms with van der Waals surface area (Å²) < 4.78 is 0. The number of hydrogen-bond acceptors (Lipinski definition) is 3. The fourth-order valence-electron chi connectivity index (χ4n) is 2.99. The maximum atomic E-state index is 12.6. The van der Waals surface area contributed by atoms with Gasteiger partial charge in [-0.3, -0.25) is 14.6 Å². The molecule has 1 aliphatic rings. The maximum Gasteiger partial charge on any atom is 0.253 e. The van der Waals surface area contributed by atoms with E-state index in [1.54, 1.807) is 18.5 Å². The monoisotopic (exact) mass is 349 g/mol. The van der Waals surface area contributed by atoms with E-state index in [-0.39, 0.29) is 11.8 Å². The molecule has 26 heavy (non-hydrogen) atoms. The van der Waals surface area contributed by atoms with Crippen molar-refractivity contribution in [2.45, 2.75) is 25.8 Å². The van der Waals surface area contributed by atoms with Crippen molar-refractivity contribution < 1.29 is 9.59 Å². The highest BCUT2D eigenvalue weighted by Gasteiger charge is 2.18. The molecule has 134 valence electrons. The van der Waals surface area contributed by atoms with Gasteiger partial charge in [-0.05, 0) is 54.7 Å². The van der Waals surface area contributed by atoms with E-state index >= 15 is 0 Å². The first-order chi connectivity index (χ1) is 12.7. The number of pyridine rings is 1. The molecule has 2 aromatic rings. The first kappa shape index (κ1) is 17.9. The Morgan fingerprint density at radius 3 is 2.73 bits per heavy atom. The quantitative estimate of drug-likeness (QED) is 0.844. The van der Waals surface area contributed by atoms with E-state index in [1.165, 1.54) is 12.5 Å². The summed E-state index contributed by atoms with van der Waals surface area (Å²) in [6.45, 7) is 2.05. The van der Waals surface area contributed by atoms with Gasteiger partial charge in [0.25, 0.3) is 5.91 Å². The van der Waals surface area contributed by atoms with Gasteiger partial charge in [0.15, 0.2) is 0 Å². The lowest BCUT2D eigenvalue weighted by Gasteiger charge is -2.26. The topological polar surface area (TPSA) is 62.3 Å². The number of likely N-dealkylation sites (tertiary alicyclic amines) is 1. The van der Waals surface area contributed by atoms with E-state index in [2.05, 4.69) is 10.3 Å². The van der Waals surface area contributed by atoms with Gasteiger partial charge in [-0.25, -0.2) is 0 Å². The van der Waals surface area contributed by atoms with Crippen LogP contribution in [-0.2, 0) is 11.3 Å². The van der Waals surface area contributed by atoms with Crippen LogP contribution in [0.4, 0.5) is 0 Å². The van der Waals surface area contributed by atoms with Crippen LogP contribution < -0.4 is 5.32 Å². The number of carbonyl (C=O) groups excluding carboxylic acids is 2. The number of benzene rings is 1. The van der Waals surface area contributed by atoms with E-state index in [1.807, 2.05) is 41.3 Å². The molecule has 2 heterocycles. The summed E-state index contributed by atoms with van der Waals surface area (Å²) in [4.78, 5) is 30.4. The highest BCUT2D eigenvalue weighted by atomic mass is 16.2. The second kappa shape index (κ2) is 8.94. The number of nitrogens with zero attached hydrogens (tertiary/aromatic N) is 2. The van der Waals surface area contributed by atoms with Crippen molar-refractivity contribution in [2.24, 2.45) is 0 Å². The lowest BCUT2D eigenvalue weighted by molar-refractivity contribution is -0.116. The molecular formula is C21H23N3O2. The average Bonchev–Trinajstić information content (AvgIpc) is 2.72. The summed E-state index contributed by atoms with van der Waals surface area (Å²) in [7, 11) is 0. The molecule has 1 aromatic heterocycles. The normalized spacial score (nSPS) is 14.4. The number of hydrogen-bond donors (Lipinski definition) is 1. The van der Waals surface area contributed by atoms with Crippen molar-refractivity contribution in [3.05, 3.63) is 71.6 Å². The Labute approximate surface area is 153 Å². The summed E-state index contributed by atoms with van der Waals surface area (Å²) in [6.07, 6.45) is 9.94. The third kappa shape index (κ3) is 5.02. The van der Waals surface area contributed by atoms with Crippen LogP contribution in [0.15, 0.2) is 54.9 Å². The Bertz CT molecular complexity index is 781. The van der Waals surface area contributed by atoms with Crippen molar-refractivity contribution in [1.82, 2.24) is 15.2 Å². The van der Waals surface area contributed by atoms with Crippen molar-refractivity contribution in [2.75, 3.05) is 13.1 Å². The van der Waals surface area contributed by atoms with E-state index in [0.29, 0.717) is 12.1 Å². The number of nitrogens with one attached hydrogen (secondary N) is 1. The zero-order chi connectivity index (χ0) is 18.2. The van der Waals surface area contributed by atoms with Gasteiger partial charge in [0.1, 0.15) is 0 Å². The molecule has 1 aromatic carbocycles. The van der Waals surface area contributed by atoms with E-state index in [9.17, 15) is 9.59 Å². The van der Waals surface area contributed by atoms with Crippen LogP contribution in [0.3, 0.4) is 0 Å². The van der Waals surface area contributed by atoms with Crippen LogP contribution in [0.1, 0.15) is 40.7 Å². The van der Waals surface area contributed by atoms with Gasteiger partial charge in [0.05, 0.1) is 0 Å². The minimum absolute atomic E-state index is 0.0781. The predicted molar refractivity (Wildman–Crippen MR) is 101 cm³/mol. The molecule has 2 amide bonds. The van der Waals surface area contributed by atoms with Gasteiger partial charge >= 0.3 is 0 Å². The van der Waals surface area contributed by atoms with Crippen LogP contribution >= 0.6 is 0 Å². The lowest BCUT2D eigenvalue weighted by Crippen LogP contribution is -2.35. The molecule has 5 nitrogen and oxygen atoms in total. The maximum absolute atomic E-state index is 12.6. The molecule has 0 bridgehead atoms. The third-order valence-electron chi connectivity index (χ3n) is 4.40. The van der Waals surface area contributed by atoms with Gasteiger partial charge in [0, 0.05) is 43.7 Å². The second-order valence-corrected chi connectivity index (χ2v) is 6.39. The van der Waals surface area contributed by atoms with Crippen LogP contribution in [0.5, 0.6) is 0 Å². The summed E-state index contributed by atoms with van der Waals surface area (Å²) in [6, 6.07) is 11.2. The standard InChI is InChI=1S/C21H23N3O2/c25-20(10-9-17-7-5-11-22-15-17)23-16-18-6-4-8-19(14-18)21(26)24-12-2-1-3-13-24/h4-11,14-15H,1-3,12-13,16H2,(H,23,25)/b10-9-. The van der Waals surface area contributed by atoms with Crippen molar-refractivity contribution >= 4 is 17.9 Å². The van der Waals surface area contributed by atoms with Crippen molar-refractivity contribution in [1.29, 1.82) is 0 Å². The molecule has 0 radical (unpaired) electrons. The van der Waals surface area contributed by atoms with Crippen LogP contribution in [0.2, 0.25) is 0 Å². The molecule has 0 aliphatic carbocycles. The molecule has 1 fully saturated rings. The molecule has 1 N–H and O–H groups in total. The third-order valence-corrected chi connectivity index (χ3v) is 4.40. The Hall–Kier alpha value is -2.95. The largest absolute Gasteiger partial charge is 0.348 e. The fourth-order valence-corrected chi connectivity index (χ4v) is 2.99. The van der Waals surface area contributed by atoms with Crippen LogP contribution in [0, 0.1) is 0 Å². The first-order valence-electron chi connectivity index (χ1n) is 8.96. The molecule has 0 saturated carbocycles. The molecule has 0 atom stereocenters. The Balaban J connectivity index is 1.56. The number of piperidine rings is 1. The van der Waals surface area contributed by atoms with Crippen molar-refractivity contribution in [3.63, 3.8) is 0 Å². The van der Waals surface area contributed by atoms with Crippen LogP contribution in [0.25, 0.3) is 6.08 Å². The molecule has 0 spiro atoms. The van der Waals surface area contributed by atoms with E-state index in [0.717, 1.165) is 37.1 Å². The summed E-state index contributed by atoms with van der Waals surface area (Å²) in [5, 5.41) is 2.84. The Morgan fingerprint density at radius 2 is 1.96 bits per heavy atom. The second-order valence-electron chi connectivity index (χ2n) is 6.39. The number of amides is 2. The van der Waals surface area contributed by atoms with E-state index in [4.69, 9.17) is 0 Å². The van der Waals surface area contributed by atoms with Crippen molar-refractivity contribution in [3.8, 4) is 0 Å². The molecule has 3 rings (SSSR count). The van der Waals surface area contributed by atoms with Gasteiger partial charge in [0.2, 0.25) is 5.91 Å². The Kier molecular flexibility index (Phi) is 6.14. The SMILES string of the molecule is O=C(/C=C\c1cccnc1)NCc1cccc(C(=O)N2CCCCC2)c1.